The first-order valence-electron chi connectivity index (χ1n) is 5.05. The van der Waals surface area contributed by atoms with E-state index in [1.807, 2.05) is 13.8 Å². The van der Waals surface area contributed by atoms with Crippen molar-refractivity contribution in [2.45, 2.75) is 53.2 Å². The molecule has 78 valence electrons. The molecule has 0 unspecified atom stereocenters. The Morgan fingerprint density at radius 2 is 1.54 bits per heavy atom. The van der Waals surface area contributed by atoms with Crippen molar-refractivity contribution in [2.75, 3.05) is 6.54 Å². The van der Waals surface area contributed by atoms with Gasteiger partial charge in [-0.1, -0.05) is 27.7 Å². The maximum absolute atomic E-state index is 9.57. The molecule has 0 bridgehead atoms. The van der Waals surface area contributed by atoms with Gasteiger partial charge in [-0.3, -0.25) is 0 Å². The molecule has 1 aliphatic carbocycles. The van der Waals surface area contributed by atoms with Crippen molar-refractivity contribution in [3.8, 4) is 0 Å². The third-order valence-corrected chi connectivity index (χ3v) is 3.76. The van der Waals surface area contributed by atoms with Gasteiger partial charge in [-0.05, 0) is 24.7 Å². The summed E-state index contributed by atoms with van der Waals surface area (Å²) in [5.74, 6) is 0. The average molecular weight is 185 g/mol. The first-order chi connectivity index (χ1) is 5.59. The highest BCUT2D eigenvalue weighted by atomic mass is 16.3. The molecule has 0 spiro atoms. The van der Waals surface area contributed by atoms with Gasteiger partial charge in [0, 0.05) is 12.6 Å². The van der Waals surface area contributed by atoms with Crippen molar-refractivity contribution in [3.63, 3.8) is 0 Å². The van der Waals surface area contributed by atoms with Crippen LogP contribution in [0.4, 0.5) is 0 Å². The Morgan fingerprint density at radius 1 is 1.15 bits per heavy atom. The zero-order valence-corrected chi connectivity index (χ0v) is 9.73. The SMILES string of the molecule is CC(C)(O)CNC1C(C)(C)C1(C)C. The van der Waals surface area contributed by atoms with Gasteiger partial charge in [0.15, 0.2) is 0 Å². The van der Waals surface area contributed by atoms with Gasteiger partial charge in [-0.15, -0.1) is 0 Å². The largest absolute Gasteiger partial charge is 0.389 e. The maximum Gasteiger partial charge on any atom is 0.0715 e. The van der Waals surface area contributed by atoms with Crippen LogP contribution in [0, 0.1) is 10.8 Å². The molecule has 0 saturated heterocycles. The van der Waals surface area contributed by atoms with Gasteiger partial charge in [0.1, 0.15) is 0 Å². The second-order valence-electron chi connectivity index (χ2n) is 6.07. The normalized spacial score (nSPS) is 26.1. The van der Waals surface area contributed by atoms with Gasteiger partial charge < -0.3 is 10.4 Å². The van der Waals surface area contributed by atoms with Crippen LogP contribution in [0.5, 0.6) is 0 Å². The zero-order valence-electron chi connectivity index (χ0n) is 9.73. The monoisotopic (exact) mass is 185 g/mol. The van der Waals surface area contributed by atoms with Crippen LogP contribution in [0.25, 0.3) is 0 Å². The Morgan fingerprint density at radius 3 is 1.77 bits per heavy atom. The molecule has 0 amide bonds. The predicted octanol–water partition coefficient (Wildman–Crippen LogP) is 1.78. The van der Waals surface area contributed by atoms with Gasteiger partial charge >= 0.3 is 0 Å². The lowest BCUT2D eigenvalue weighted by Gasteiger charge is -2.18. The minimum absolute atomic E-state index is 0.359. The van der Waals surface area contributed by atoms with Gasteiger partial charge in [0.2, 0.25) is 0 Å². The lowest BCUT2D eigenvalue weighted by atomic mass is 10.0. The van der Waals surface area contributed by atoms with Crippen LogP contribution in [0.15, 0.2) is 0 Å². The minimum atomic E-state index is -0.602. The molecule has 1 rings (SSSR count). The summed E-state index contributed by atoms with van der Waals surface area (Å²) in [6, 6.07) is 0.534. The standard InChI is InChI=1S/C11H23NO/c1-9(2,13)7-12-8-10(3,4)11(8,5)6/h8,12-13H,7H2,1-6H3. The van der Waals surface area contributed by atoms with Gasteiger partial charge in [0.25, 0.3) is 0 Å². The fourth-order valence-corrected chi connectivity index (χ4v) is 2.06. The Balaban J connectivity index is 2.43. The smallest absolute Gasteiger partial charge is 0.0715 e. The molecular formula is C11H23NO. The van der Waals surface area contributed by atoms with E-state index in [1.54, 1.807) is 0 Å². The molecule has 0 aromatic carbocycles. The topological polar surface area (TPSA) is 32.3 Å². The molecule has 0 aliphatic heterocycles. The predicted molar refractivity (Wildman–Crippen MR) is 55.7 cm³/mol. The van der Waals surface area contributed by atoms with E-state index < -0.39 is 5.60 Å². The highest BCUT2D eigenvalue weighted by molar-refractivity contribution is 5.17. The minimum Gasteiger partial charge on any atom is -0.389 e. The average Bonchev–Trinajstić information content (AvgIpc) is 2.19. The number of rotatable bonds is 3. The van der Waals surface area contributed by atoms with Crippen LogP contribution in [0.1, 0.15) is 41.5 Å². The van der Waals surface area contributed by atoms with Crippen LogP contribution in [-0.4, -0.2) is 23.3 Å². The van der Waals surface area contributed by atoms with E-state index in [0.717, 1.165) is 0 Å². The molecule has 13 heavy (non-hydrogen) atoms. The quantitative estimate of drug-likeness (QED) is 0.702. The van der Waals surface area contributed by atoms with E-state index in [1.165, 1.54) is 0 Å². The maximum atomic E-state index is 9.57. The van der Waals surface area contributed by atoms with Crippen molar-refractivity contribution in [2.24, 2.45) is 10.8 Å². The van der Waals surface area contributed by atoms with Crippen molar-refractivity contribution in [1.29, 1.82) is 0 Å². The van der Waals surface area contributed by atoms with E-state index in [9.17, 15) is 5.11 Å². The van der Waals surface area contributed by atoms with Crippen LogP contribution in [0.2, 0.25) is 0 Å². The summed E-state index contributed by atoms with van der Waals surface area (Å²) in [4.78, 5) is 0. The first kappa shape index (κ1) is 11.0. The fraction of sp³-hybridized carbons (Fsp3) is 1.00. The lowest BCUT2D eigenvalue weighted by Crippen LogP contribution is -2.37. The number of hydrogen-bond acceptors (Lipinski definition) is 2. The van der Waals surface area contributed by atoms with Crippen molar-refractivity contribution < 1.29 is 5.11 Å². The molecule has 0 aromatic rings. The van der Waals surface area contributed by atoms with Crippen molar-refractivity contribution >= 4 is 0 Å². The second-order valence-corrected chi connectivity index (χ2v) is 6.07. The van der Waals surface area contributed by atoms with E-state index >= 15 is 0 Å². The summed E-state index contributed by atoms with van der Waals surface area (Å²) in [5, 5.41) is 13.0. The van der Waals surface area contributed by atoms with Gasteiger partial charge in [0.05, 0.1) is 5.60 Å². The van der Waals surface area contributed by atoms with E-state index in [2.05, 4.69) is 33.0 Å². The molecule has 1 saturated carbocycles. The summed E-state index contributed by atoms with van der Waals surface area (Å²) < 4.78 is 0. The second kappa shape index (κ2) is 2.71. The summed E-state index contributed by atoms with van der Waals surface area (Å²) in [6.07, 6.45) is 0. The fourth-order valence-electron chi connectivity index (χ4n) is 2.06. The first-order valence-corrected chi connectivity index (χ1v) is 5.05. The third-order valence-electron chi connectivity index (χ3n) is 3.76. The van der Waals surface area contributed by atoms with Crippen LogP contribution in [0.3, 0.4) is 0 Å². The van der Waals surface area contributed by atoms with Crippen molar-refractivity contribution in [3.05, 3.63) is 0 Å². The molecule has 2 nitrogen and oxygen atoms in total. The van der Waals surface area contributed by atoms with Crippen LogP contribution < -0.4 is 5.32 Å². The van der Waals surface area contributed by atoms with Crippen molar-refractivity contribution in [1.82, 2.24) is 5.32 Å². The molecule has 1 fully saturated rings. The Bertz CT molecular complexity index is 187. The molecule has 1 aliphatic rings. The Labute approximate surface area is 81.7 Å². The number of nitrogens with one attached hydrogen (secondary N) is 1. The summed E-state index contributed by atoms with van der Waals surface area (Å²) >= 11 is 0. The molecule has 0 radical (unpaired) electrons. The summed E-state index contributed by atoms with van der Waals surface area (Å²) in [5.41, 5.74) is 0.116. The van der Waals surface area contributed by atoms with Crippen LogP contribution >= 0.6 is 0 Å². The Hall–Kier alpha value is -0.0800. The highest BCUT2D eigenvalue weighted by Gasteiger charge is 2.64. The van der Waals surface area contributed by atoms with Gasteiger partial charge in [-0.2, -0.15) is 0 Å². The van der Waals surface area contributed by atoms with Gasteiger partial charge in [-0.25, -0.2) is 0 Å². The highest BCUT2D eigenvalue weighted by Crippen LogP contribution is 2.62. The molecular weight excluding hydrogens is 162 g/mol. The van der Waals surface area contributed by atoms with E-state index in [-0.39, 0.29) is 0 Å². The third kappa shape index (κ3) is 1.89. The number of hydrogen-bond donors (Lipinski definition) is 2. The molecule has 2 N–H and O–H groups in total. The lowest BCUT2D eigenvalue weighted by molar-refractivity contribution is 0.0780. The summed E-state index contributed by atoms with van der Waals surface area (Å²) in [6.45, 7) is 13.4. The molecule has 2 heteroatoms. The summed E-state index contributed by atoms with van der Waals surface area (Å²) in [7, 11) is 0. The van der Waals surface area contributed by atoms with E-state index in [0.29, 0.717) is 23.4 Å². The van der Waals surface area contributed by atoms with E-state index in [4.69, 9.17) is 0 Å². The Kier molecular flexibility index (Phi) is 2.29. The molecule has 0 atom stereocenters. The molecule has 0 heterocycles. The molecule has 0 aromatic heterocycles. The zero-order chi connectivity index (χ0) is 10.5. The number of aliphatic hydroxyl groups is 1. The van der Waals surface area contributed by atoms with Crippen LogP contribution in [-0.2, 0) is 0 Å².